The van der Waals surface area contributed by atoms with Gasteiger partial charge in [-0.1, -0.05) is 42.5 Å². The molecule has 0 aliphatic rings. The van der Waals surface area contributed by atoms with Crippen LogP contribution in [0.25, 0.3) is 11.1 Å². The highest BCUT2D eigenvalue weighted by Crippen LogP contribution is 2.19. The summed E-state index contributed by atoms with van der Waals surface area (Å²) in [6, 6.07) is 22.6. The maximum Gasteiger partial charge on any atom is 0.419 e. The van der Waals surface area contributed by atoms with Crippen molar-refractivity contribution >= 4 is 32.7 Å². The molecule has 1 heterocycles. The minimum atomic E-state index is -3.66. The number of nitrogens with one attached hydrogen (secondary N) is 1. The first-order chi connectivity index (χ1) is 16.3. The number of hydrogen-bond acceptors (Lipinski definition) is 5. The first-order valence-corrected chi connectivity index (χ1v) is 12.3. The molecule has 176 valence electrons. The summed E-state index contributed by atoms with van der Waals surface area (Å²) in [5.74, 6) is -0.673. The lowest BCUT2D eigenvalue weighted by Crippen LogP contribution is -2.26. The number of nitrogens with zero attached hydrogens (tertiary/aromatic N) is 2. The molecule has 0 unspecified atom stereocenters. The van der Waals surface area contributed by atoms with E-state index in [-0.39, 0.29) is 23.8 Å². The zero-order chi connectivity index (χ0) is 24.1. The van der Waals surface area contributed by atoms with Crippen LogP contribution >= 0.6 is 0 Å². The highest BCUT2D eigenvalue weighted by molar-refractivity contribution is 7.89. The first-order valence-electron chi connectivity index (χ1n) is 10.8. The van der Waals surface area contributed by atoms with Crippen LogP contribution in [0.15, 0.2) is 93.0 Å². The molecule has 1 amide bonds. The number of amides is 1. The highest BCUT2D eigenvalue weighted by atomic mass is 32.2. The van der Waals surface area contributed by atoms with Gasteiger partial charge in [0.05, 0.1) is 10.4 Å². The number of aromatic nitrogens is 1. The van der Waals surface area contributed by atoms with Crippen LogP contribution in [-0.2, 0) is 27.9 Å². The molecule has 1 N–H and O–H groups in total. The Kier molecular flexibility index (Phi) is 6.95. The molecule has 0 atom stereocenters. The van der Waals surface area contributed by atoms with Gasteiger partial charge in [0.2, 0.25) is 15.9 Å². The van der Waals surface area contributed by atoms with Crippen LogP contribution < -0.4 is 11.1 Å². The van der Waals surface area contributed by atoms with Crippen LogP contribution in [0.5, 0.6) is 0 Å². The topological polar surface area (TPSA) is 102 Å². The van der Waals surface area contributed by atoms with Crippen LogP contribution in [-0.4, -0.2) is 30.2 Å². The molecule has 9 heteroatoms. The Hall–Kier alpha value is -3.69. The van der Waals surface area contributed by atoms with Gasteiger partial charge in [0.15, 0.2) is 5.58 Å². The molecule has 34 heavy (non-hydrogen) atoms. The van der Waals surface area contributed by atoms with Gasteiger partial charge in [-0.3, -0.25) is 9.36 Å². The largest absolute Gasteiger partial charge is 0.419 e. The second-order valence-electron chi connectivity index (χ2n) is 7.91. The molecule has 1 aromatic heterocycles. The van der Waals surface area contributed by atoms with E-state index in [4.69, 9.17) is 4.42 Å². The van der Waals surface area contributed by atoms with Crippen molar-refractivity contribution in [2.75, 3.05) is 12.4 Å². The van der Waals surface area contributed by atoms with E-state index in [2.05, 4.69) is 5.32 Å². The summed E-state index contributed by atoms with van der Waals surface area (Å²) in [7, 11) is -2.13. The van der Waals surface area contributed by atoms with Crippen molar-refractivity contribution < 1.29 is 17.6 Å². The number of rotatable bonds is 9. The van der Waals surface area contributed by atoms with Crippen molar-refractivity contribution in [3.63, 3.8) is 0 Å². The van der Waals surface area contributed by atoms with Crippen molar-refractivity contribution in [2.24, 2.45) is 0 Å². The van der Waals surface area contributed by atoms with Gasteiger partial charge in [-0.15, -0.1) is 0 Å². The third-order valence-electron chi connectivity index (χ3n) is 5.45. The molecular weight excluding hydrogens is 454 g/mol. The Morgan fingerprint density at radius 2 is 1.65 bits per heavy atom. The minimum Gasteiger partial charge on any atom is -0.408 e. The Morgan fingerprint density at radius 1 is 0.971 bits per heavy atom. The summed E-state index contributed by atoms with van der Waals surface area (Å²) in [6.07, 6.45) is 0.651. The van der Waals surface area contributed by atoms with Gasteiger partial charge < -0.3 is 9.73 Å². The number of carbonyl (C=O) groups excluding carboxylic acids is 1. The normalized spacial score (nSPS) is 11.7. The summed E-state index contributed by atoms with van der Waals surface area (Å²) in [4.78, 5) is 24.5. The van der Waals surface area contributed by atoms with Gasteiger partial charge in [-0.2, -0.15) is 4.31 Å². The number of sulfonamides is 1. The molecule has 8 nitrogen and oxygen atoms in total. The zero-order valence-corrected chi connectivity index (χ0v) is 19.5. The molecule has 4 rings (SSSR count). The molecule has 0 saturated heterocycles. The molecule has 0 aliphatic carbocycles. The molecule has 0 aliphatic heterocycles. The molecule has 0 spiro atoms. The number of aryl methyl sites for hydroxylation is 1. The second kappa shape index (κ2) is 10.1. The lowest BCUT2D eigenvalue weighted by molar-refractivity contribution is -0.116. The number of para-hydroxylation sites is 2. The van der Waals surface area contributed by atoms with Crippen LogP contribution in [0.2, 0.25) is 0 Å². The van der Waals surface area contributed by atoms with Crippen LogP contribution in [0.3, 0.4) is 0 Å². The molecule has 0 fully saturated rings. The molecule has 4 aromatic rings. The summed E-state index contributed by atoms with van der Waals surface area (Å²) >= 11 is 0. The Bertz CT molecular complexity index is 1440. The first kappa shape index (κ1) is 23.5. The Morgan fingerprint density at radius 3 is 2.38 bits per heavy atom. The van der Waals surface area contributed by atoms with Gasteiger partial charge in [-0.25, -0.2) is 13.2 Å². The average molecular weight is 480 g/mol. The monoisotopic (exact) mass is 479 g/mol. The van der Waals surface area contributed by atoms with Gasteiger partial charge in [0.25, 0.3) is 0 Å². The third-order valence-corrected chi connectivity index (χ3v) is 7.27. The van der Waals surface area contributed by atoms with E-state index >= 15 is 0 Å². The minimum absolute atomic E-state index is 0.148. The number of benzene rings is 3. The third kappa shape index (κ3) is 5.27. The van der Waals surface area contributed by atoms with Crippen LogP contribution in [0.1, 0.15) is 18.4 Å². The van der Waals surface area contributed by atoms with Crippen molar-refractivity contribution in [2.45, 2.75) is 30.8 Å². The Labute approximate surface area is 197 Å². The van der Waals surface area contributed by atoms with Crippen molar-refractivity contribution in [3.8, 4) is 0 Å². The summed E-state index contributed by atoms with van der Waals surface area (Å²) < 4.78 is 33.7. The fraction of sp³-hybridized carbons (Fsp3) is 0.200. The number of hydrogen-bond donors (Lipinski definition) is 1. The summed E-state index contributed by atoms with van der Waals surface area (Å²) in [5, 5.41) is 2.76. The predicted octanol–water partition coefficient (Wildman–Crippen LogP) is 3.83. The average Bonchev–Trinajstić information content (AvgIpc) is 3.15. The maximum atomic E-state index is 12.8. The fourth-order valence-corrected chi connectivity index (χ4v) is 4.82. The van der Waals surface area contributed by atoms with Crippen molar-refractivity contribution in [1.29, 1.82) is 0 Å². The van der Waals surface area contributed by atoms with E-state index in [9.17, 15) is 18.0 Å². The predicted molar refractivity (Wildman–Crippen MR) is 130 cm³/mol. The summed E-state index contributed by atoms with van der Waals surface area (Å²) in [5.41, 5.74) is 2.60. The van der Waals surface area contributed by atoms with Crippen molar-refractivity contribution in [1.82, 2.24) is 8.87 Å². The molecule has 3 aromatic carbocycles. The standard InChI is InChI=1S/C25H25N3O5S/c1-27(18-19-8-3-2-4-9-19)34(31,32)21-15-13-20(14-16-21)26-24(29)12-7-17-28-22-10-5-6-11-23(22)33-25(28)30/h2-6,8-11,13-16H,7,12,17-18H2,1H3,(H,26,29). The number of fused-ring (bicyclic) bond motifs is 1. The highest BCUT2D eigenvalue weighted by Gasteiger charge is 2.21. The molecule has 0 radical (unpaired) electrons. The Balaban J connectivity index is 1.32. The molecular formula is C25H25N3O5S. The van der Waals surface area contributed by atoms with E-state index in [1.54, 1.807) is 30.3 Å². The number of oxazole rings is 1. The zero-order valence-electron chi connectivity index (χ0n) is 18.7. The molecule has 0 saturated carbocycles. The van der Waals surface area contributed by atoms with Gasteiger partial charge in [0, 0.05) is 32.2 Å². The smallest absolute Gasteiger partial charge is 0.408 e. The lowest BCUT2D eigenvalue weighted by atomic mass is 10.2. The van der Waals surface area contributed by atoms with E-state index in [1.165, 1.54) is 28.1 Å². The maximum absolute atomic E-state index is 12.8. The summed E-state index contributed by atoms with van der Waals surface area (Å²) in [6.45, 7) is 0.616. The van der Waals surface area contributed by atoms with E-state index in [0.717, 1.165) is 5.56 Å². The van der Waals surface area contributed by atoms with Crippen molar-refractivity contribution in [3.05, 3.63) is 95.0 Å². The second-order valence-corrected chi connectivity index (χ2v) is 9.96. The van der Waals surface area contributed by atoms with Crippen LogP contribution in [0, 0.1) is 0 Å². The van der Waals surface area contributed by atoms with E-state index in [0.29, 0.717) is 29.8 Å². The van der Waals surface area contributed by atoms with E-state index < -0.39 is 15.8 Å². The van der Waals surface area contributed by atoms with E-state index in [1.807, 2.05) is 36.4 Å². The number of carbonyl (C=O) groups is 1. The SMILES string of the molecule is CN(Cc1ccccc1)S(=O)(=O)c1ccc(NC(=O)CCCn2c(=O)oc3ccccc32)cc1. The van der Waals surface area contributed by atoms with Gasteiger partial charge in [0.1, 0.15) is 0 Å². The lowest BCUT2D eigenvalue weighted by Gasteiger charge is -2.17. The number of anilines is 1. The quantitative estimate of drug-likeness (QED) is 0.393. The van der Waals surface area contributed by atoms with Gasteiger partial charge >= 0.3 is 5.76 Å². The molecule has 0 bridgehead atoms. The van der Waals surface area contributed by atoms with Gasteiger partial charge in [-0.05, 0) is 48.4 Å². The fourth-order valence-electron chi connectivity index (χ4n) is 3.66. The van der Waals surface area contributed by atoms with Crippen LogP contribution in [0.4, 0.5) is 5.69 Å².